The van der Waals surface area contributed by atoms with Crippen LogP contribution in [0.15, 0.2) is 35.6 Å². The topological polar surface area (TPSA) is 92.3 Å². The molecule has 0 saturated heterocycles. The van der Waals surface area contributed by atoms with E-state index in [0.29, 0.717) is 11.0 Å². The van der Waals surface area contributed by atoms with E-state index in [0.717, 1.165) is 0 Å². The molecule has 0 saturated carbocycles. The number of rotatable bonds is 7. The molecule has 0 bridgehead atoms. The van der Waals surface area contributed by atoms with Gasteiger partial charge in [-0.3, -0.25) is 9.97 Å². The van der Waals surface area contributed by atoms with Crippen LogP contribution >= 0.6 is 0 Å². The fraction of sp³-hybridized carbons (Fsp3) is 0.250. The predicted molar refractivity (Wildman–Crippen MR) is 90.2 cm³/mol. The third kappa shape index (κ3) is 3.81. The summed E-state index contributed by atoms with van der Waals surface area (Å²) in [5.74, 6) is -0.246. The van der Waals surface area contributed by atoms with Crippen molar-refractivity contribution in [1.29, 1.82) is 0 Å². The zero-order valence-electron chi connectivity index (χ0n) is 16.4. The highest BCUT2D eigenvalue weighted by atomic mass is 32.2. The van der Waals surface area contributed by atoms with E-state index in [2.05, 4.69) is 19.7 Å². The minimum atomic E-state index is -2.97. The number of aromatic nitrogens is 3. The Hall–Kier alpha value is -2.59. The maximum atomic E-state index is 12.7. The smallest absolute Gasteiger partial charge is 0.387 e. The molecular formula is C16H15F2N3O4S. The summed E-state index contributed by atoms with van der Waals surface area (Å²) in [6.45, 7) is -2.97. The van der Waals surface area contributed by atoms with Gasteiger partial charge in [0.1, 0.15) is 11.4 Å². The van der Waals surface area contributed by atoms with Gasteiger partial charge >= 0.3 is 11.8 Å². The molecule has 0 unspecified atom stereocenters. The number of aromatic amines is 1. The van der Waals surface area contributed by atoms with Gasteiger partial charge in [0.15, 0.2) is 17.3 Å². The summed E-state index contributed by atoms with van der Waals surface area (Å²) < 4.78 is 73.4. The molecule has 7 nitrogen and oxygen atoms in total. The molecule has 1 N–H and O–H groups in total. The molecule has 0 aliphatic rings. The monoisotopic (exact) mass is 386 g/mol. The molecule has 26 heavy (non-hydrogen) atoms. The minimum absolute atomic E-state index is 0.0423. The van der Waals surface area contributed by atoms with E-state index in [4.69, 9.17) is 13.6 Å². The quantitative estimate of drug-likeness (QED) is 0.628. The summed E-state index contributed by atoms with van der Waals surface area (Å²) in [7, 11) is -1.39. The number of methoxy groups -OCH3 is 2. The Balaban J connectivity index is 1.84. The molecule has 138 valence electrons. The van der Waals surface area contributed by atoms with Crippen molar-refractivity contribution in [3.63, 3.8) is 0 Å². The van der Waals surface area contributed by atoms with Gasteiger partial charge in [-0.25, -0.2) is 0 Å². The fourth-order valence-corrected chi connectivity index (χ4v) is 3.33. The molecule has 0 aliphatic carbocycles. The van der Waals surface area contributed by atoms with Crippen LogP contribution in [0.1, 0.15) is 9.81 Å². The Bertz CT molecular complexity index is 1000. The van der Waals surface area contributed by atoms with Gasteiger partial charge in [-0.1, -0.05) is 0 Å². The van der Waals surface area contributed by atoms with Crippen LogP contribution in [0, 0.1) is 0 Å². The zero-order valence-corrected chi connectivity index (χ0v) is 14.2. The van der Waals surface area contributed by atoms with E-state index in [9.17, 15) is 13.3 Å². The predicted octanol–water partition coefficient (Wildman–Crippen LogP) is 2.88. The van der Waals surface area contributed by atoms with Crippen LogP contribution in [0.5, 0.6) is 17.2 Å². The van der Waals surface area contributed by atoms with Gasteiger partial charge in [0, 0.05) is 29.5 Å². The molecule has 10 heteroatoms. The zero-order chi connectivity index (χ0) is 21.2. The van der Waals surface area contributed by atoms with Gasteiger partial charge in [-0.05, 0) is 12.1 Å². The highest BCUT2D eigenvalue weighted by molar-refractivity contribution is 7.90. The standard InChI is InChI=1S/C16H15F2N3O4S/c1-23-13-5-6-19-12(14(13)24-2)8-26(22)16-20-10-4-3-9(25-15(17)18)7-11(10)21-16/h3-7,15H,8H2,1-2H3,(H,20,21)/t26-/m1/s1/i1D3. The van der Waals surface area contributed by atoms with E-state index in [1.165, 1.54) is 37.6 Å². The average Bonchev–Trinajstić information content (AvgIpc) is 3.03. The lowest BCUT2D eigenvalue weighted by Gasteiger charge is -2.12. The summed E-state index contributed by atoms with van der Waals surface area (Å²) in [4.78, 5) is 11.1. The Labute approximate surface area is 154 Å². The molecule has 1 atom stereocenters. The first-order valence-electron chi connectivity index (χ1n) is 8.70. The molecule has 3 rings (SSSR count). The highest BCUT2D eigenvalue weighted by Gasteiger charge is 2.22. The average molecular weight is 386 g/mol. The van der Waals surface area contributed by atoms with E-state index in [-0.39, 0.29) is 33.9 Å². The van der Waals surface area contributed by atoms with Gasteiger partial charge in [-0.2, -0.15) is 13.8 Å². The van der Waals surface area contributed by atoms with Crippen molar-refractivity contribution in [2.24, 2.45) is 0 Å². The molecular weight excluding hydrogens is 368 g/mol. The van der Waals surface area contributed by atoms with Gasteiger partial charge < -0.3 is 18.8 Å². The van der Waals surface area contributed by atoms with Crippen molar-refractivity contribution < 1.29 is 31.7 Å². The van der Waals surface area contributed by atoms with Crippen molar-refractivity contribution in [2.45, 2.75) is 17.5 Å². The van der Waals surface area contributed by atoms with Crippen LogP contribution in [-0.4, -0.2) is 40.3 Å². The van der Waals surface area contributed by atoms with Crippen LogP contribution < -0.4 is 14.2 Å². The number of benzene rings is 1. The van der Waals surface area contributed by atoms with Crippen molar-refractivity contribution in [3.05, 3.63) is 36.2 Å². The largest absolute Gasteiger partial charge is 0.609 e. The number of ether oxygens (including phenoxy) is 3. The normalized spacial score (nSPS) is 14.6. The summed E-state index contributed by atoms with van der Waals surface area (Å²) in [6.07, 6.45) is 1.31. The third-order valence-electron chi connectivity index (χ3n) is 3.40. The van der Waals surface area contributed by atoms with E-state index < -0.39 is 24.8 Å². The van der Waals surface area contributed by atoms with Crippen LogP contribution in [0.4, 0.5) is 8.78 Å². The summed E-state index contributed by atoms with van der Waals surface area (Å²) in [5, 5.41) is 0.0835. The maximum Gasteiger partial charge on any atom is 0.387 e. The molecule has 0 aliphatic heterocycles. The number of alkyl halides is 2. The summed E-state index contributed by atoms with van der Waals surface area (Å²) >= 11 is -1.72. The van der Waals surface area contributed by atoms with Crippen molar-refractivity contribution in [1.82, 2.24) is 15.0 Å². The Morgan fingerprint density at radius 1 is 1.35 bits per heavy atom. The number of nitrogens with zero attached hydrogens (tertiary/aromatic N) is 2. The molecule has 0 radical (unpaired) electrons. The third-order valence-corrected chi connectivity index (χ3v) is 4.56. The van der Waals surface area contributed by atoms with Crippen LogP contribution in [0.25, 0.3) is 11.0 Å². The second-order valence-corrected chi connectivity index (χ2v) is 6.35. The van der Waals surface area contributed by atoms with E-state index in [1.807, 2.05) is 0 Å². The first kappa shape index (κ1) is 14.6. The molecule has 1 aromatic carbocycles. The van der Waals surface area contributed by atoms with Gasteiger partial charge in [-0.15, -0.1) is 0 Å². The van der Waals surface area contributed by atoms with Crippen LogP contribution in [-0.2, 0) is 16.9 Å². The van der Waals surface area contributed by atoms with E-state index >= 15 is 0 Å². The second-order valence-electron chi connectivity index (χ2n) is 4.98. The highest BCUT2D eigenvalue weighted by Crippen LogP contribution is 2.31. The lowest BCUT2D eigenvalue weighted by atomic mass is 10.3. The molecule has 2 aromatic heterocycles. The SMILES string of the molecule is [2H]C([2H])([2H])Oc1ccnc(C[S@@+]([O-])c2nc3cc(OC(F)F)ccc3[nH]2)c1OC. The number of hydrogen-bond acceptors (Lipinski definition) is 6. The lowest BCUT2D eigenvalue weighted by molar-refractivity contribution is -0.0497. The first-order valence-corrected chi connectivity index (χ1v) is 8.52. The number of halogens is 2. The Kier molecular flexibility index (Phi) is 4.34. The van der Waals surface area contributed by atoms with Gasteiger partial charge in [0.2, 0.25) is 0 Å². The van der Waals surface area contributed by atoms with Crippen LogP contribution in [0.3, 0.4) is 0 Å². The fourth-order valence-electron chi connectivity index (χ4n) is 2.31. The molecule has 0 amide bonds. The van der Waals surface area contributed by atoms with Gasteiger partial charge in [0.25, 0.3) is 0 Å². The molecule has 2 heterocycles. The Morgan fingerprint density at radius 2 is 2.19 bits per heavy atom. The number of nitrogens with one attached hydrogen (secondary N) is 1. The summed E-state index contributed by atoms with van der Waals surface area (Å²) in [6, 6.07) is 5.43. The Morgan fingerprint density at radius 3 is 2.92 bits per heavy atom. The molecule has 3 aromatic rings. The number of fused-ring (bicyclic) bond motifs is 1. The van der Waals surface area contributed by atoms with Gasteiger partial charge in [0.05, 0.1) is 29.3 Å². The number of hydrogen-bond donors (Lipinski definition) is 1. The van der Waals surface area contributed by atoms with Crippen LogP contribution in [0.2, 0.25) is 0 Å². The van der Waals surface area contributed by atoms with Crippen molar-refractivity contribution >= 4 is 22.2 Å². The molecule has 0 spiro atoms. The van der Waals surface area contributed by atoms with Crippen molar-refractivity contribution in [2.75, 3.05) is 14.1 Å². The maximum absolute atomic E-state index is 12.7. The minimum Gasteiger partial charge on any atom is -0.609 e. The number of pyridine rings is 1. The number of imidazole rings is 1. The second kappa shape index (κ2) is 7.75. The molecule has 0 fully saturated rings. The first-order chi connectivity index (χ1) is 13.7. The lowest BCUT2D eigenvalue weighted by Crippen LogP contribution is -2.10. The number of H-pyrrole nitrogens is 1. The van der Waals surface area contributed by atoms with E-state index in [1.54, 1.807) is 0 Å². The van der Waals surface area contributed by atoms with Crippen molar-refractivity contribution in [3.8, 4) is 17.2 Å². The summed E-state index contributed by atoms with van der Waals surface area (Å²) in [5.41, 5.74) is 0.982.